The average Bonchev–Trinajstić information content (AvgIpc) is 3.31. The number of hydrogen-bond acceptors (Lipinski definition) is 5. The highest BCUT2D eigenvalue weighted by atomic mass is 16.6. The molecule has 1 spiro atoms. The molecular weight excluding hydrogens is 404 g/mol. The van der Waals surface area contributed by atoms with E-state index in [0.29, 0.717) is 12.5 Å². The third-order valence-corrected chi connectivity index (χ3v) is 9.10. The van der Waals surface area contributed by atoms with E-state index in [1.165, 1.54) is 30.2 Å². The molecule has 2 saturated heterocycles. The minimum Gasteiger partial charge on any atom is -0.497 e. The number of nitrogens with one attached hydrogen (secondary N) is 2. The van der Waals surface area contributed by atoms with E-state index in [0.717, 1.165) is 30.7 Å². The molecule has 6 nitrogen and oxygen atoms in total. The van der Waals surface area contributed by atoms with Crippen molar-refractivity contribution in [2.24, 2.45) is 23.2 Å². The van der Waals surface area contributed by atoms with Gasteiger partial charge in [0.05, 0.1) is 19.1 Å². The number of esters is 1. The topological polar surface area (TPSA) is 75.9 Å². The summed E-state index contributed by atoms with van der Waals surface area (Å²) in [5.41, 5.74) is 2.50. The summed E-state index contributed by atoms with van der Waals surface area (Å²) in [6.07, 6.45) is 7.79. The molecule has 3 heterocycles. The molecule has 2 saturated carbocycles. The van der Waals surface area contributed by atoms with Gasteiger partial charge in [-0.15, -0.1) is 0 Å². The first-order valence-corrected chi connectivity index (χ1v) is 12.2. The van der Waals surface area contributed by atoms with Crippen LogP contribution in [0.2, 0.25) is 0 Å². The maximum Gasteiger partial charge on any atom is 0.311 e. The standard InChI is InChI=1S/C26H34N2O4/c1-15-5-4-9-25(2)12-21-22(23-26(15,25)32-23)19(24(29)31-21)14-27-10-8-16-13-28-20-7-6-17(30-3)11-18(16)20/h6-7,11,13,15,19,21-23,27-28H,4-5,8-10,12,14H2,1-3H3/t15-,19+,21-,22-,23+,25-,26+/m1/s1. The molecule has 0 radical (unpaired) electrons. The molecule has 32 heavy (non-hydrogen) atoms. The zero-order valence-electron chi connectivity index (χ0n) is 19.3. The second-order valence-electron chi connectivity index (χ2n) is 10.7. The van der Waals surface area contributed by atoms with Gasteiger partial charge in [-0.1, -0.05) is 20.3 Å². The van der Waals surface area contributed by atoms with Gasteiger partial charge in [-0.25, -0.2) is 0 Å². The minimum atomic E-state index is -0.105. The number of carbonyl (C=O) groups excluding carboxylic acids is 1. The maximum atomic E-state index is 12.8. The van der Waals surface area contributed by atoms with Crippen LogP contribution in [0.5, 0.6) is 5.75 Å². The van der Waals surface area contributed by atoms with E-state index < -0.39 is 0 Å². The number of aromatic nitrogens is 1. The molecule has 2 N–H and O–H groups in total. The van der Waals surface area contributed by atoms with Crippen LogP contribution in [0.4, 0.5) is 0 Å². The van der Waals surface area contributed by atoms with Crippen LogP contribution < -0.4 is 10.1 Å². The molecule has 6 heteroatoms. The van der Waals surface area contributed by atoms with Crippen molar-refractivity contribution in [3.05, 3.63) is 30.0 Å². The maximum absolute atomic E-state index is 12.8. The van der Waals surface area contributed by atoms with Crippen LogP contribution in [0.25, 0.3) is 10.9 Å². The number of H-pyrrole nitrogens is 1. The zero-order valence-corrected chi connectivity index (χ0v) is 19.3. The van der Waals surface area contributed by atoms with Crippen LogP contribution in [0.15, 0.2) is 24.4 Å². The van der Waals surface area contributed by atoms with Gasteiger partial charge in [0.15, 0.2) is 0 Å². The van der Waals surface area contributed by atoms with Gasteiger partial charge >= 0.3 is 5.97 Å². The van der Waals surface area contributed by atoms with Gasteiger partial charge in [0, 0.05) is 35.0 Å². The molecule has 1 aromatic heterocycles. The lowest BCUT2D eigenvalue weighted by Gasteiger charge is -2.48. The molecule has 0 unspecified atom stereocenters. The van der Waals surface area contributed by atoms with E-state index in [1.54, 1.807) is 7.11 Å². The van der Waals surface area contributed by atoms with Crippen molar-refractivity contribution in [2.45, 2.75) is 63.8 Å². The lowest BCUT2D eigenvalue weighted by atomic mass is 9.53. The predicted molar refractivity (Wildman–Crippen MR) is 122 cm³/mol. The van der Waals surface area contributed by atoms with Crippen LogP contribution in [0.1, 0.15) is 45.1 Å². The lowest BCUT2D eigenvalue weighted by Crippen LogP contribution is -2.54. The Hall–Kier alpha value is -2.05. The van der Waals surface area contributed by atoms with Gasteiger partial charge in [0.1, 0.15) is 17.5 Å². The molecule has 4 aliphatic rings. The van der Waals surface area contributed by atoms with Crippen molar-refractivity contribution >= 4 is 16.9 Å². The first kappa shape index (κ1) is 20.5. The van der Waals surface area contributed by atoms with E-state index in [4.69, 9.17) is 14.2 Å². The van der Waals surface area contributed by atoms with Crippen molar-refractivity contribution in [2.75, 3.05) is 20.2 Å². The summed E-state index contributed by atoms with van der Waals surface area (Å²) in [6.45, 7) is 6.19. The molecule has 0 bridgehead atoms. The molecule has 1 aromatic carbocycles. The van der Waals surface area contributed by atoms with Gasteiger partial charge in [0.2, 0.25) is 0 Å². The Kier molecular flexibility index (Phi) is 4.64. The second-order valence-corrected chi connectivity index (χ2v) is 10.7. The predicted octanol–water partition coefficient (Wildman–Crippen LogP) is 3.83. The fourth-order valence-corrected chi connectivity index (χ4v) is 7.44. The first-order chi connectivity index (χ1) is 15.5. The summed E-state index contributed by atoms with van der Waals surface area (Å²) < 4.78 is 17.8. The molecule has 7 atom stereocenters. The summed E-state index contributed by atoms with van der Waals surface area (Å²) in [6, 6.07) is 6.10. The lowest BCUT2D eigenvalue weighted by molar-refractivity contribution is -0.146. The van der Waals surface area contributed by atoms with Crippen LogP contribution >= 0.6 is 0 Å². The highest BCUT2D eigenvalue weighted by Gasteiger charge is 2.78. The molecule has 0 amide bonds. The highest BCUT2D eigenvalue weighted by Crippen LogP contribution is 2.70. The minimum absolute atomic E-state index is 0.0197. The number of methoxy groups -OCH3 is 1. The van der Waals surface area contributed by atoms with E-state index in [2.05, 4.69) is 36.4 Å². The molecule has 172 valence electrons. The van der Waals surface area contributed by atoms with Crippen LogP contribution in [-0.2, 0) is 20.7 Å². The summed E-state index contributed by atoms with van der Waals surface area (Å²) in [5.74, 6) is 1.48. The number of benzene rings is 1. The summed E-state index contributed by atoms with van der Waals surface area (Å²) in [4.78, 5) is 16.2. The van der Waals surface area contributed by atoms with Gasteiger partial charge in [-0.3, -0.25) is 4.79 Å². The number of carbonyl (C=O) groups is 1. The number of rotatable bonds is 6. The first-order valence-electron chi connectivity index (χ1n) is 12.2. The third kappa shape index (κ3) is 2.81. The number of ether oxygens (including phenoxy) is 3. The summed E-state index contributed by atoms with van der Waals surface area (Å²) >= 11 is 0. The SMILES string of the molecule is COc1ccc2[nH]cc(CCNC[C@@H]3C(=O)O[C@@H]4C[C@@]5(C)CCC[C@@H](C)[C@@]56O[C@H]6[C@H]34)c2c1. The van der Waals surface area contributed by atoms with Crippen molar-refractivity contribution in [3.8, 4) is 5.75 Å². The Labute approximate surface area is 189 Å². The molecule has 4 fully saturated rings. The fourth-order valence-electron chi connectivity index (χ4n) is 7.44. The van der Waals surface area contributed by atoms with E-state index in [-0.39, 0.29) is 41.0 Å². The van der Waals surface area contributed by atoms with Gasteiger partial charge in [-0.2, -0.15) is 0 Å². The summed E-state index contributed by atoms with van der Waals surface area (Å²) in [7, 11) is 1.69. The molecule has 2 aliphatic heterocycles. The van der Waals surface area contributed by atoms with Gasteiger partial charge in [0.25, 0.3) is 0 Å². The Morgan fingerprint density at radius 3 is 3.06 bits per heavy atom. The molecule has 2 aromatic rings. The largest absolute Gasteiger partial charge is 0.497 e. The Morgan fingerprint density at radius 2 is 2.22 bits per heavy atom. The van der Waals surface area contributed by atoms with Gasteiger partial charge < -0.3 is 24.5 Å². The van der Waals surface area contributed by atoms with Crippen LogP contribution in [0, 0.1) is 23.2 Å². The van der Waals surface area contributed by atoms with Crippen LogP contribution in [0.3, 0.4) is 0 Å². The van der Waals surface area contributed by atoms with Crippen molar-refractivity contribution in [1.82, 2.24) is 10.3 Å². The molecule has 6 rings (SSSR count). The van der Waals surface area contributed by atoms with E-state index in [1.807, 2.05) is 12.1 Å². The van der Waals surface area contributed by atoms with Gasteiger partial charge in [-0.05, 0) is 61.9 Å². The second kappa shape index (κ2) is 7.22. The Balaban J connectivity index is 1.12. The van der Waals surface area contributed by atoms with Crippen molar-refractivity contribution in [3.63, 3.8) is 0 Å². The highest BCUT2D eigenvalue weighted by molar-refractivity contribution is 5.84. The third-order valence-electron chi connectivity index (χ3n) is 9.10. The smallest absolute Gasteiger partial charge is 0.311 e. The number of aromatic amines is 1. The Morgan fingerprint density at radius 1 is 1.34 bits per heavy atom. The van der Waals surface area contributed by atoms with Crippen LogP contribution in [-0.4, -0.2) is 49.0 Å². The molecule has 2 aliphatic carbocycles. The normalized spacial score (nSPS) is 39.8. The fraction of sp³-hybridized carbons (Fsp3) is 0.654. The van der Waals surface area contributed by atoms with E-state index >= 15 is 0 Å². The zero-order chi connectivity index (χ0) is 22.1. The van der Waals surface area contributed by atoms with Crippen molar-refractivity contribution in [1.29, 1.82) is 0 Å². The van der Waals surface area contributed by atoms with Crippen molar-refractivity contribution < 1.29 is 19.0 Å². The number of hydrogen-bond donors (Lipinski definition) is 2. The average molecular weight is 439 g/mol. The summed E-state index contributed by atoms with van der Waals surface area (Å²) in [5, 5.41) is 4.74. The Bertz CT molecular complexity index is 1050. The van der Waals surface area contributed by atoms with E-state index in [9.17, 15) is 4.79 Å². The molecular formula is C26H34N2O4. The number of epoxide rings is 1. The number of fused-ring (bicyclic) bond motifs is 3. The quantitative estimate of drug-likeness (QED) is 0.407. The monoisotopic (exact) mass is 438 g/mol.